The summed E-state index contributed by atoms with van der Waals surface area (Å²) in [4.78, 5) is 10.5. The number of fused-ring (bicyclic) bond motifs is 10. The molecule has 3 aromatic heterocycles. The molecule has 0 saturated heterocycles. The highest BCUT2D eigenvalue weighted by Gasteiger charge is 2.24. The molecule has 240 valence electrons. The van der Waals surface area contributed by atoms with Crippen LogP contribution in [-0.2, 0) is 0 Å². The Morgan fingerprint density at radius 2 is 1.35 bits per heavy atom. The summed E-state index contributed by atoms with van der Waals surface area (Å²) in [6, 6.07) is 55.4. The average Bonchev–Trinajstić information content (AvgIpc) is 3.87. The van der Waals surface area contributed by atoms with Crippen molar-refractivity contribution >= 4 is 86.9 Å². The summed E-state index contributed by atoms with van der Waals surface area (Å²) in [5, 5.41) is 10.9. The molecule has 0 bridgehead atoms. The quantitative estimate of drug-likeness (QED) is 0.202. The third-order valence-corrected chi connectivity index (χ3v) is 11.3. The molecule has 0 radical (unpaired) electrons. The van der Waals surface area contributed by atoms with Crippen molar-refractivity contribution in [1.29, 1.82) is 0 Å². The summed E-state index contributed by atoms with van der Waals surface area (Å²) in [6.07, 6.45) is -0.372. The van der Waals surface area contributed by atoms with Gasteiger partial charge >= 0.3 is 0 Å². The predicted octanol–water partition coefficient (Wildman–Crippen LogP) is 11.5. The number of nitrogens with one attached hydrogen (secondary N) is 1. The van der Waals surface area contributed by atoms with E-state index in [1.165, 1.54) is 42.0 Å². The zero-order chi connectivity index (χ0) is 33.5. The van der Waals surface area contributed by atoms with Crippen molar-refractivity contribution in [3.8, 4) is 5.69 Å². The number of aliphatic imine (C=N–C) groups is 2. The van der Waals surface area contributed by atoms with Gasteiger partial charge in [0.1, 0.15) is 23.2 Å². The van der Waals surface area contributed by atoms with Crippen LogP contribution < -0.4 is 5.32 Å². The van der Waals surface area contributed by atoms with E-state index in [0.29, 0.717) is 5.84 Å². The summed E-state index contributed by atoms with van der Waals surface area (Å²) in [5.41, 5.74) is 8.14. The molecule has 1 aliphatic rings. The lowest BCUT2D eigenvalue weighted by atomic mass is 10.0. The van der Waals surface area contributed by atoms with E-state index in [-0.39, 0.29) is 6.17 Å². The van der Waals surface area contributed by atoms with Crippen LogP contribution in [0.5, 0.6) is 0 Å². The van der Waals surface area contributed by atoms with Crippen LogP contribution in [0.4, 0.5) is 0 Å². The Kier molecular flexibility index (Phi) is 6.12. The largest absolute Gasteiger partial charge is 0.456 e. The minimum atomic E-state index is -0.372. The first-order valence-corrected chi connectivity index (χ1v) is 17.9. The van der Waals surface area contributed by atoms with Crippen LogP contribution in [0.25, 0.3) is 69.6 Å². The van der Waals surface area contributed by atoms with E-state index < -0.39 is 0 Å². The molecule has 10 aromatic rings. The Labute approximate surface area is 296 Å². The van der Waals surface area contributed by atoms with Crippen molar-refractivity contribution in [2.75, 3.05) is 0 Å². The third kappa shape index (κ3) is 4.33. The Morgan fingerprint density at radius 3 is 2.27 bits per heavy atom. The van der Waals surface area contributed by atoms with E-state index in [1.807, 2.05) is 59.9 Å². The molecular weight excluding hydrogens is 645 g/mol. The maximum Gasteiger partial charge on any atom is 0.160 e. The molecule has 0 amide bonds. The zero-order valence-electron chi connectivity index (χ0n) is 27.2. The fourth-order valence-electron chi connectivity index (χ4n) is 7.79. The lowest BCUT2D eigenvalue weighted by Gasteiger charge is -2.24. The number of hydrogen-bond acceptors (Lipinski definition) is 5. The summed E-state index contributed by atoms with van der Waals surface area (Å²) < 4.78 is 11.3. The summed E-state index contributed by atoms with van der Waals surface area (Å²) in [7, 11) is 0. The SMILES string of the molecule is c1ccc(C2=NC(c3cccc4oc5ccccc5c34)=NC(c3cccc(-n4c5ccccc5c5c6sc7ccccc7c6ccc54)c3)N2)cc1. The van der Waals surface area contributed by atoms with Crippen LogP contribution in [0, 0.1) is 0 Å². The Hall–Kier alpha value is -6.50. The number of hydrogen-bond donors (Lipinski definition) is 1. The van der Waals surface area contributed by atoms with Gasteiger partial charge in [0.05, 0.1) is 11.0 Å². The molecule has 6 heteroatoms. The fourth-order valence-corrected chi connectivity index (χ4v) is 9.05. The number of benzene rings is 7. The van der Waals surface area contributed by atoms with Gasteiger partial charge in [-0.25, -0.2) is 9.98 Å². The summed E-state index contributed by atoms with van der Waals surface area (Å²) in [5.74, 6) is 1.45. The van der Waals surface area contributed by atoms with E-state index >= 15 is 0 Å². The highest BCUT2D eigenvalue weighted by atomic mass is 32.1. The highest BCUT2D eigenvalue weighted by Crippen LogP contribution is 2.43. The first-order chi connectivity index (χ1) is 25.3. The van der Waals surface area contributed by atoms with Crippen molar-refractivity contribution in [3.63, 3.8) is 0 Å². The first kappa shape index (κ1) is 28.3. The maximum atomic E-state index is 6.26. The molecule has 0 spiro atoms. The molecule has 7 aromatic carbocycles. The fraction of sp³-hybridized carbons (Fsp3) is 0.0222. The molecule has 4 heterocycles. The van der Waals surface area contributed by atoms with Gasteiger partial charge in [0.2, 0.25) is 0 Å². The van der Waals surface area contributed by atoms with Gasteiger partial charge in [0, 0.05) is 58.5 Å². The Morgan fingerprint density at radius 1 is 0.588 bits per heavy atom. The Bertz CT molecular complexity index is 3070. The van der Waals surface area contributed by atoms with Crippen molar-refractivity contribution in [3.05, 3.63) is 174 Å². The van der Waals surface area contributed by atoms with Crippen molar-refractivity contribution in [1.82, 2.24) is 9.88 Å². The Balaban J connectivity index is 1.10. The number of thiophene rings is 1. The van der Waals surface area contributed by atoms with Crippen molar-refractivity contribution < 1.29 is 4.42 Å². The van der Waals surface area contributed by atoms with Gasteiger partial charge in [0.25, 0.3) is 0 Å². The van der Waals surface area contributed by atoms with Crippen LogP contribution in [0.1, 0.15) is 22.9 Å². The predicted molar refractivity (Wildman–Crippen MR) is 213 cm³/mol. The monoisotopic (exact) mass is 672 g/mol. The maximum absolute atomic E-state index is 6.26. The van der Waals surface area contributed by atoms with E-state index in [4.69, 9.17) is 14.4 Å². The smallest absolute Gasteiger partial charge is 0.160 e. The van der Waals surface area contributed by atoms with Crippen LogP contribution in [0.15, 0.2) is 172 Å². The van der Waals surface area contributed by atoms with E-state index in [9.17, 15) is 0 Å². The van der Waals surface area contributed by atoms with Crippen molar-refractivity contribution in [2.24, 2.45) is 9.98 Å². The zero-order valence-corrected chi connectivity index (χ0v) is 28.1. The highest BCUT2D eigenvalue weighted by molar-refractivity contribution is 7.26. The number of aromatic nitrogens is 1. The van der Waals surface area contributed by atoms with Crippen LogP contribution >= 0.6 is 11.3 Å². The second-order valence-electron chi connectivity index (χ2n) is 13.0. The first-order valence-electron chi connectivity index (χ1n) is 17.1. The number of furan rings is 1. The van der Waals surface area contributed by atoms with E-state index in [0.717, 1.165) is 50.2 Å². The molecular formula is C45H28N4OS. The molecule has 0 fully saturated rings. The standard InChI is InChI=1S/C45H28N4OS/c1-2-12-27(13-3-1)43-46-44(48-45(47-43)34-19-11-22-38-40(34)33-18-5-8-21-37(33)50-38)28-14-10-15-29(26-28)49-35-20-7-4-17-32(35)41-36(49)25-24-31-30-16-6-9-23-39(30)51-42(31)41/h1-26,44H,(H,46,47,48). The molecule has 11 rings (SSSR count). The lowest BCUT2D eigenvalue weighted by Crippen LogP contribution is -2.33. The second kappa shape index (κ2) is 11.0. The van der Waals surface area contributed by atoms with Crippen LogP contribution in [0.3, 0.4) is 0 Å². The third-order valence-electron chi connectivity index (χ3n) is 10.1. The number of para-hydroxylation sites is 2. The van der Waals surface area contributed by atoms with Gasteiger partial charge < -0.3 is 14.3 Å². The van der Waals surface area contributed by atoms with Crippen LogP contribution in [-0.4, -0.2) is 16.2 Å². The molecule has 1 aliphatic heterocycles. The molecule has 0 aliphatic carbocycles. The molecule has 1 N–H and O–H groups in total. The number of amidine groups is 2. The minimum Gasteiger partial charge on any atom is -0.456 e. The van der Waals surface area contributed by atoms with Gasteiger partial charge in [0.15, 0.2) is 5.84 Å². The molecule has 1 unspecified atom stereocenters. The van der Waals surface area contributed by atoms with Crippen molar-refractivity contribution in [2.45, 2.75) is 6.17 Å². The van der Waals surface area contributed by atoms with Crippen LogP contribution in [0.2, 0.25) is 0 Å². The normalized spacial score (nSPS) is 14.9. The molecule has 51 heavy (non-hydrogen) atoms. The minimum absolute atomic E-state index is 0.372. The summed E-state index contributed by atoms with van der Waals surface area (Å²) >= 11 is 1.88. The van der Waals surface area contributed by atoms with E-state index in [1.54, 1.807) is 0 Å². The lowest BCUT2D eigenvalue weighted by molar-refractivity contribution is 0.668. The van der Waals surface area contributed by atoms with E-state index in [2.05, 4.69) is 119 Å². The number of nitrogens with zero attached hydrogens (tertiary/aromatic N) is 3. The van der Waals surface area contributed by atoms with Gasteiger partial charge in [-0.05, 0) is 48.0 Å². The topological polar surface area (TPSA) is 54.8 Å². The molecule has 0 saturated carbocycles. The number of rotatable bonds is 4. The van der Waals surface area contributed by atoms with Gasteiger partial charge in [-0.3, -0.25) is 0 Å². The van der Waals surface area contributed by atoms with Gasteiger partial charge in [-0.2, -0.15) is 0 Å². The second-order valence-corrected chi connectivity index (χ2v) is 14.0. The molecule has 5 nitrogen and oxygen atoms in total. The average molecular weight is 673 g/mol. The van der Waals surface area contributed by atoms with Gasteiger partial charge in [-0.15, -0.1) is 11.3 Å². The molecule has 1 atom stereocenters. The summed E-state index contributed by atoms with van der Waals surface area (Å²) in [6.45, 7) is 0. The van der Waals surface area contributed by atoms with Gasteiger partial charge in [-0.1, -0.05) is 115 Å².